The number of hydrogen-bond donors (Lipinski definition) is 3. The van der Waals surface area contributed by atoms with E-state index in [0.717, 1.165) is 33.4 Å². The topological polar surface area (TPSA) is 124 Å². The van der Waals surface area contributed by atoms with E-state index in [1.165, 1.54) is 0 Å². The van der Waals surface area contributed by atoms with Gasteiger partial charge in [0.05, 0.1) is 22.9 Å². The summed E-state index contributed by atoms with van der Waals surface area (Å²) in [6, 6.07) is 9.61. The van der Waals surface area contributed by atoms with Crippen molar-refractivity contribution in [3.63, 3.8) is 0 Å². The molecule has 3 aromatic rings. The van der Waals surface area contributed by atoms with Gasteiger partial charge in [0.1, 0.15) is 12.0 Å². The van der Waals surface area contributed by atoms with Crippen molar-refractivity contribution in [2.45, 2.75) is 32.5 Å². The predicted molar refractivity (Wildman–Crippen MR) is 111 cm³/mol. The van der Waals surface area contributed by atoms with Crippen molar-refractivity contribution < 1.29 is 5.11 Å². The maximum atomic E-state index is 10.0. The third-order valence-electron chi connectivity index (χ3n) is 5.34. The van der Waals surface area contributed by atoms with E-state index in [2.05, 4.69) is 26.6 Å². The molecule has 0 bridgehead atoms. The number of hydrogen-bond acceptors (Lipinski definition) is 8. The Morgan fingerprint density at radius 2 is 2.03 bits per heavy atom. The molecule has 0 radical (unpaired) electrons. The normalized spacial score (nSPS) is 16.2. The molecule has 1 saturated heterocycles. The van der Waals surface area contributed by atoms with E-state index in [4.69, 9.17) is 5.73 Å². The summed E-state index contributed by atoms with van der Waals surface area (Å²) in [4.78, 5) is 6.54. The molecule has 8 nitrogen and oxygen atoms in total. The summed E-state index contributed by atoms with van der Waals surface area (Å²) in [5, 5.41) is 32.8. The SMILES string of the molecule is Cc1c(C#N)cccc1[C@@H](N)Nc1nnc(C)c2cnc(N3CC(C)(O)C3)cc12. The number of anilines is 2. The predicted octanol–water partition coefficient (Wildman–Crippen LogP) is 2.15. The highest BCUT2D eigenvalue weighted by molar-refractivity contribution is 5.94. The minimum atomic E-state index is -0.685. The summed E-state index contributed by atoms with van der Waals surface area (Å²) in [6.07, 6.45) is 1.23. The zero-order valence-electron chi connectivity index (χ0n) is 16.6. The fourth-order valence-corrected chi connectivity index (χ4v) is 3.72. The molecule has 2 aromatic heterocycles. The first-order valence-electron chi connectivity index (χ1n) is 9.41. The fourth-order valence-electron chi connectivity index (χ4n) is 3.72. The van der Waals surface area contributed by atoms with Crippen LogP contribution < -0.4 is 16.0 Å². The first-order valence-corrected chi connectivity index (χ1v) is 9.41. The van der Waals surface area contributed by atoms with E-state index >= 15 is 0 Å². The van der Waals surface area contributed by atoms with Crippen molar-refractivity contribution in [1.29, 1.82) is 5.26 Å². The Balaban J connectivity index is 1.70. The average Bonchev–Trinajstić information content (AvgIpc) is 2.68. The molecule has 1 aliphatic heterocycles. The Morgan fingerprint density at radius 1 is 1.28 bits per heavy atom. The Kier molecular flexibility index (Phi) is 4.57. The number of aliphatic hydroxyl groups is 1. The van der Waals surface area contributed by atoms with Gasteiger partial charge in [0, 0.05) is 30.1 Å². The van der Waals surface area contributed by atoms with E-state index in [1.54, 1.807) is 12.3 Å². The van der Waals surface area contributed by atoms with Crippen LogP contribution in [0.25, 0.3) is 10.8 Å². The van der Waals surface area contributed by atoms with Gasteiger partial charge in [-0.3, -0.25) is 0 Å². The lowest BCUT2D eigenvalue weighted by molar-refractivity contribution is 0.0305. The highest BCUT2D eigenvalue weighted by Crippen LogP contribution is 2.31. The number of nitrogens with two attached hydrogens (primary N) is 1. The Bertz CT molecular complexity index is 1130. The number of nitrogens with zero attached hydrogens (tertiary/aromatic N) is 5. The quantitative estimate of drug-likeness (QED) is 0.580. The van der Waals surface area contributed by atoms with Crippen LogP contribution in [-0.4, -0.2) is 39.0 Å². The Labute approximate surface area is 169 Å². The second-order valence-corrected chi connectivity index (χ2v) is 7.83. The number of nitriles is 1. The summed E-state index contributed by atoms with van der Waals surface area (Å²) >= 11 is 0. The summed E-state index contributed by atoms with van der Waals surface area (Å²) in [6.45, 7) is 6.64. The molecule has 4 N–H and O–H groups in total. The third-order valence-corrected chi connectivity index (χ3v) is 5.34. The maximum Gasteiger partial charge on any atom is 0.158 e. The van der Waals surface area contributed by atoms with Gasteiger partial charge in [-0.2, -0.15) is 10.4 Å². The van der Waals surface area contributed by atoms with Crippen LogP contribution in [0.4, 0.5) is 11.6 Å². The molecule has 29 heavy (non-hydrogen) atoms. The molecular weight excluding hydrogens is 366 g/mol. The minimum absolute atomic E-state index is 0.533. The molecule has 1 aromatic carbocycles. The standard InChI is InChI=1S/C21H23N7O/c1-12-14(8-22)5-4-6-15(12)19(23)25-20-16-7-18(28-10-21(3,29)11-28)24-9-17(16)13(2)26-27-20/h4-7,9,19,29H,10-11,23H2,1-3H3,(H,25,27)/t19-/m0/s1. The first kappa shape index (κ1) is 19.1. The number of aryl methyl sites for hydroxylation is 1. The number of β-amino-alcohol motifs (C(OH)–C–C–N with tert-alkyl or cyclic N) is 1. The largest absolute Gasteiger partial charge is 0.386 e. The lowest BCUT2D eigenvalue weighted by Crippen LogP contribution is -2.60. The number of pyridine rings is 1. The van der Waals surface area contributed by atoms with E-state index in [1.807, 2.05) is 43.9 Å². The molecule has 148 valence electrons. The Hall–Kier alpha value is -3.28. The fraction of sp³-hybridized carbons (Fsp3) is 0.333. The maximum absolute atomic E-state index is 10.0. The molecule has 1 aliphatic rings. The zero-order valence-corrected chi connectivity index (χ0v) is 16.6. The summed E-state index contributed by atoms with van der Waals surface area (Å²) in [5.74, 6) is 1.33. The highest BCUT2D eigenvalue weighted by Gasteiger charge is 2.37. The molecule has 0 unspecified atom stereocenters. The highest BCUT2D eigenvalue weighted by atomic mass is 16.3. The van der Waals surface area contributed by atoms with Gasteiger partial charge < -0.3 is 21.1 Å². The van der Waals surface area contributed by atoms with Crippen molar-refractivity contribution in [1.82, 2.24) is 15.2 Å². The molecule has 1 fully saturated rings. The molecule has 3 heterocycles. The number of rotatable bonds is 4. The van der Waals surface area contributed by atoms with Gasteiger partial charge in [-0.1, -0.05) is 12.1 Å². The number of aromatic nitrogens is 3. The van der Waals surface area contributed by atoms with Crippen molar-refractivity contribution in [2.75, 3.05) is 23.3 Å². The van der Waals surface area contributed by atoms with Crippen LogP contribution in [0.3, 0.4) is 0 Å². The van der Waals surface area contributed by atoms with Crippen molar-refractivity contribution in [2.24, 2.45) is 5.73 Å². The number of fused-ring (bicyclic) bond motifs is 1. The lowest BCUT2D eigenvalue weighted by atomic mass is 9.97. The summed E-state index contributed by atoms with van der Waals surface area (Å²) < 4.78 is 0. The summed E-state index contributed by atoms with van der Waals surface area (Å²) in [5.41, 5.74) is 8.75. The minimum Gasteiger partial charge on any atom is -0.386 e. The van der Waals surface area contributed by atoms with Gasteiger partial charge >= 0.3 is 0 Å². The van der Waals surface area contributed by atoms with Crippen LogP contribution in [0, 0.1) is 25.2 Å². The van der Waals surface area contributed by atoms with Gasteiger partial charge in [0.15, 0.2) is 5.82 Å². The first-order chi connectivity index (χ1) is 13.8. The Morgan fingerprint density at radius 3 is 2.72 bits per heavy atom. The summed E-state index contributed by atoms with van der Waals surface area (Å²) in [7, 11) is 0. The monoisotopic (exact) mass is 389 g/mol. The number of benzene rings is 1. The van der Waals surface area contributed by atoms with Gasteiger partial charge in [0.2, 0.25) is 0 Å². The van der Waals surface area contributed by atoms with Crippen molar-refractivity contribution in [3.05, 3.63) is 52.8 Å². The van der Waals surface area contributed by atoms with Crippen LogP contribution in [0.1, 0.15) is 35.5 Å². The third kappa shape index (κ3) is 3.46. The second kappa shape index (κ2) is 6.95. The van der Waals surface area contributed by atoms with Gasteiger partial charge in [-0.05, 0) is 44.0 Å². The van der Waals surface area contributed by atoms with E-state index in [0.29, 0.717) is 24.5 Å². The molecule has 1 atom stereocenters. The molecule has 0 spiro atoms. The molecular formula is C21H23N7O. The van der Waals surface area contributed by atoms with E-state index in [9.17, 15) is 10.4 Å². The van der Waals surface area contributed by atoms with Gasteiger partial charge in [-0.25, -0.2) is 4.98 Å². The molecule has 4 rings (SSSR count). The van der Waals surface area contributed by atoms with Crippen LogP contribution in [0.5, 0.6) is 0 Å². The van der Waals surface area contributed by atoms with Crippen LogP contribution >= 0.6 is 0 Å². The van der Waals surface area contributed by atoms with Crippen LogP contribution in [0.2, 0.25) is 0 Å². The van der Waals surface area contributed by atoms with Crippen molar-refractivity contribution in [3.8, 4) is 6.07 Å². The molecule has 0 saturated carbocycles. The molecule has 0 amide bonds. The van der Waals surface area contributed by atoms with E-state index < -0.39 is 11.8 Å². The van der Waals surface area contributed by atoms with Gasteiger partial charge in [0.25, 0.3) is 0 Å². The van der Waals surface area contributed by atoms with Crippen LogP contribution in [0.15, 0.2) is 30.5 Å². The zero-order chi connectivity index (χ0) is 20.8. The van der Waals surface area contributed by atoms with Gasteiger partial charge in [-0.15, -0.1) is 5.10 Å². The molecule has 8 heteroatoms. The lowest BCUT2D eigenvalue weighted by Gasteiger charge is -2.45. The average molecular weight is 389 g/mol. The second-order valence-electron chi connectivity index (χ2n) is 7.83. The smallest absolute Gasteiger partial charge is 0.158 e. The number of nitrogens with one attached hydrogen (secondary N) is 1. The van der Waals surface area contributed by atoms with E-state index in [-0.39, 0.29) is 0 Å². The van der Waals surface area contributed by atoms with Crippen molar-refractivity contribution >= 4 is 22.4 Å². The van der Waals surface area contributed by atoms with Crippen LogP contribution in [-0.2, 0) is 0 Å². The molecule has 0 aliphatic carbocycles.